The minimum atomic E-state index is -0.0505. The summed E-state index contributed by atoms with van der Waals surface area (Å²) in [5.41, 5.74) is 1.24. The minimum absolute atomic E-state index is 0.0403. The molecule has 1 aliphatic carbocycles. The van der Waals surface area contributed by atoms with E-state index < -0.39 is 0 Å². The van der Waals surface area contributed by atoms with Crippen LogP contribution in [0.2, 0.25) is 0 Å². The standard InChI is InChI=1S/C16H21N3O3S2/c1-10(20)17-6-9-23-16-18-14-13(11-4-3-5-12(11)24-14)15(21)19(16)7-8-22-2/h3-9H2,1-2H3,(H,17,20). The lowest BCUT2D eigenvalue weighted by Gasteiger charge is -2.12. The summed E-state index contributed by atoms with van der Waals surface area (Å²) in [6, 6.07) is 0. The summed E-state index contributed by atoms with van der Waals surface area (Å²) in [7, 11) is 1.63. The summed E-state index contributed by atoms with van der Waals surface area (Å²) in [4.78, 5) is 30.9. The summed E-state index contributed by atoms with van der Waals surface area (Å²) in [5, 5.41) is 4.27. The van der Waals surface area contributed by atoms with Crippen LogP contribution >= 0.6 is 23.1 Å². The highest BCUT2D eigenvalue weighted by Crippen LogP contribution is 2.35. The molecular weight excluding hydrogens is 346 g/mol. The van der Waals surface area contributed by atoms with Crippen molar-refractivity contribution in [1.82, 2.24) is 14.9 Å². The Labute approximate surface area is 148 Å². The average molecular weight is 367 g/mol. The van der Waals surface area contributed by atoms with Crippen molar-refractivity contribution in [3.63, 3.8) is 0 Å². The highest BCUT2D eigenvalue weighted by Gasteiger charge is 2.23. The molecule has 0 aromatic carbocycles. The number of aryl methyl sites for hydroxylation is 2. The van der Waals surface area contributed by atoms with E-state index >= 15 is 0 Å². The number of hydrogen-bond acceptors (Lipinski definition) is 6. The quantitative estimate of drug-likeness (QED) is 0.459. The highest BCUT2D eigenvalue weighted by molar-refractivity contribution is 7.99. The predicted octanol–water partition coefficient (Wildman–Crippen LogP) is 1.82. The van der Waals surface area contributed by atoms with Gasteiger partial charge in [0.05, 0.1) is 18.5 Å². The van der Waals surface area contributed by atoms with Gasteiger partial charge in [0, 0.05) is 31.2 Å². The number of carbonyl (C=O) groups is 1. The van der Waals surface area contributed by atoms with E-state index in [-0.39, 0.29) is 11.5 Å². The zero-order valence-electron chi connectivity index (χ0n) is 13.9. The van der Waals surface area contributed by atoms with Gasteiger partial charge in [-0.15, -0.1) is 11.3 Å². The van der Waals surface area contributed by atoms with Gasteiger partial charge >= 0.3 is 0 Å². The van der Waals surface area contributed by atoms with Crippen LogP contribution in [0.15, 0.2) is 9.95 Å². The van der Waals surface area contributed by atoms with Crippen molar-refractivity contribution in [1.29, 1.82) is 0 Å². The number of thiophene rings is 1. The summed E-state index contributed by atoms with van der Waals surface area (Å²) < 4.78 is 6.87. The van der Waals surface area contributed by atoms with Crippen molar-refractivity contribution in [2.24, 2.45) is 0 Å². The lowest BCUT2D eigenvalue weighted by Crippen LogP contribution is -2.26. The molecule has 8 heteroatoms. The number of methoxy groups -OCH3 is 1. The largest absolute Gasteiger partial charge is 0.383 e. The second-order valence-electron chi connectivity index (χ2n) is 5.71. The van der Waals surface area contributed by atoms with Gasteiger partial charge in [-0.25, -0.2) is 4.98 Å². The lowest BCUT2D eigenvalue weighted by molar-refractivity contribution is -0.118. The molecule has 0 saturated heterocycles. The number of nitrogens with one attached hydrogen (secondary N) is 1. The molecule has 0 radical (unpaired) electrons. The molecule has 1 N–H and O–H groups in total. The van der Waals surface area contributed by atoms with E-state index in [1.165, 1.54) is 29.1 Å². The molecule has 2 aromatic heterocycles. The Bertz CT molecular complexity index is 813. The van der Waals surface area contributed by atoms with E-state index in [1.807, 2.05) is 0 Å². The van der Waals surface area contributed by atoms with Crippen LogP contribution in [0.3, 0.4) is 0 Å². The first-order chi connectivity index (χ1) is 11.6. The molecule has 6 nitrogen and oxygen atoms in total. The monoisotopic (exact) mass is 367 g/mol. The van der Waals surface area contributed by atoms with E-state index in [0.29, 0.717) is 30.6 Å². The SMILES string of the molecule is COCCn1c(SCCNC(C)=O)nc2sc3c(c2c1=O)CCC3. The summed E-state index contributed by atoms with van der Waals surface area (Å²) in [6.45, 7) is 3.01. The Morgan fingerprint density at radius 3 is 3.04 bits per heavy atom. The fourth-order valence-electron chi connectivity index (χ4n) is 2.92. The molecule has 0 unspecified atom stereocenters. The number of fused-ring (bicyclic) bond motifs is 3. The number of ether oxygens (including phenoxy) is 1. The molecule has 2 aromatic rings. The molecule has 0 spiro atoms. The van der Waals surface area contributed by atoms with Crippen LogP contribution in [0.4, 0.5) is 0 Å². The molecule has 0 atom stereocenters. The van der Waals surface area contributed by atoms with Gasteiger partial charge in [0.1, 0.15) is 4.83 Å². The smallest absolute Gasteiger partial charge is 0.263 e. The van der Waals surface area contributed by atoms with Crippen molar-refractivity contribution in [2.45, 2.75) is 37.9 Å². The summed E-state index contributed by atoms with van der Waals surface area (Å²) in [5.74, 6) is 0.626. The maximum atomic E-state index is 13.0. The number of aromatic nitrogens is 2. The molecule has 0 saturated carbocycles. The van der Waals surface area contributed by atoms with Gasteiger partial charge in [0.2, 0.25) is 5.91 Å². The molecule has 0 aliphatic heterocycles. The number of rotatable bonds is 7. The van der Waals surface area contributed by atoms with Crippen molar-refractivity contribution in [3.8, 4) is 0 Å². The maximum Gasteiger partial charge on any atom is 0.263 e. The number of amides is 1. The topological polar surface area (TPSA) is 73.2 Å². The van der Waals surface area contributed by atoms with E-state index in [0.717, 1.165) is 29.5 Å². The molecule has 0 fully saturated rings. The van der Waals surface area contributed by atoms with Gasteiger partial charge in [0.25, 0.3) is 5.56 Å². The number of hydrogen-bond donors (Lipinski definition) is 1. The summed E-state index contributed by atoms with van der Waals surface area (Å²) >= 11 is 3.15. The Balaban J connectivity index is 1.93. The number of nitrogens with zero attached hydrogens (tertiary/aromatic N) is 2. The second kappa shape index (κ2) is 7.67. The second-order valence-corrected chi connectivity index (χ2v) is 7.86. The van der Waals surface area contributed by atoms with Crippen LogP contribution in [0.1, 0.15) is 23.8 Å². The van der Waals surface area contributed by atoms with E-state index in [9.17, 15) is 9.59 Å². The zero-order valence-corrected chi connectivity index (χ0v) is 15.5. The van der Waals surface area contributed by atoms with Crippen LogP contribution in [-0.4, -0.2) is 41.5 Å². The number of thioether (sulfide) groups is 1. The first-order valence-electron chi connectivity index (χ1n) is 8.03. The van der Waals surface area contributed by atoms with E-state index in [1.54, 1.807) is 23.0 Å². The van der Waals surface area contributed by atoms with Gasteiger partial charge in [-0.2, -0.15) is 0 Å². The maximum absolute atomic E-state index is 13.0. The molecule has 24 heavy (non-hydrogen) atoms. The van der Waals surface area contributed by atoms with Crippen LogP contribution in [0.5, 0.6) is 0 Å². The predicted molar refractivity (Wildman–Crippen MR) is 97.2 cm³/mol. The first-order valence-corrected chi connectivity index (χ1v) is 9.83. The Morgan fingerprint density at radius 1 is 1.46 bits per heavy atom. The van der Waals surface area contributed by atoms with E-state index in [2.05, 4.69) is 5.32 Å². The van der Waals surface area contributed by atoms with E-state index in [4.69, 9.17) is 9.72 Å². The third-order valence-corrected chi connectivity index (χ3v) is 6.18. The van der Waals surface area contributed by atoms with Gasteiger partial charge < -0.3 is 10.1 Å². The highest BCUT2D eigenvalue weighted by atomic mass is 32.2. The Kier molecular flexibility index (Phi) is 5.57. The van der Waals surface area contributed by atoms with Gasteiger partial charge in [-0.05, 0) is 24.8 Å². The summed E-state index contributed by atoms with van der Waals surface area (Å²) in [6.07, 6.45) is 3.16. The van der Waals surface area contributed by atoms with Crippen molar-refractivity contribution < 1.29 is 9.53 Å². The third kappa shape index (κ3) is 3.50. The molecule has 2 heterocycles. The van der Waals surface area contributed by atoms with Crippen molar-refractivity contribution >= 4 is 39.2 Å². The lowest BCUT2D eigenvalue weighted by atomic mass is 10.2. The van der Waals surface area contributed by atoms with Crippen LogP contribution in [0.25, 0.3) is 10.2 Å². The molecule has 3 rings (SSSR count). The zero-order chi connectivity index (χ0) is 17.1. The Hall–Kier alpha value is -1.38. The van der Waals surface area contributed by atoms with Crippen LogP contribution in [-0.2, 0) is 28.9 Å². The van der Waals surface area contributed by atoms with Gasteiger partial charge in [-0.1, -0.05) is 11.8 Å². The van der Waals surface area contributed by atoms with Gasteiger partial charge in [-0.3, -0.25) is 14.2 Å². The molecular formula is C16H21N3O3S2. The normalized spacial score (nSPS) is 13.4. The van der Waals surface area contributed by atoms with Crippen LogP contribution in [0, 0.1) is 0 Å². The molecule has 1 amide bonds. The van der Waals surface area contributed by atoms with Crippen LogP contribution < -0.4 is 10.9 Å². The molecule has 130 valence electrons. The van der Waals surface area contributed by atoms with Crippen molar-refractivity contribution in [2.75, 3.05) is 26.0 Å². The third-order valence-electron chi connectivity index (χ3n) is 4.02. The van der Waals surface area contributed by atoms with Gasteiger partial charge in [0.15, 0.2) is 5.16 Å². The fourth-order valence-corrected chi connectivity index (χ4v) is 5.10. The molecule has 1 aliphatic rings. The minimum Gasteiger partial charge on any atom is -0.383 e. The average Bonchev–Trinajstić information content (AvgIpc) is 3.11. The number of carbonyl (C=O) groups excluding carboxylic acids is 1. The van der Waals surface area contributed by atoms with Crippen molar-refractivity contribution in [3.05, 3.63) is 20.8 Å². The molecule has 0 bridgehead atoms. The fraction of sp³-hybridized carbons (Fsp3) is 0.562. The Morgan fingerprint density at radius 2 is 2.29 bits per heavy atom. The first kappa shape index (κ1) is 17.4.